The minimum absolute atomic E-state index is 0.0268. The molecule has 15 heteroatoms. The fourth-order valence-electron chi connectivity index (χ4n) is 1.17. The number of ether oxygens (including phenoxy) is 2. The molecular weight excluding hydrogens is 438 g/mol. The summed E-state index contributed by atoms with van der Waals surface area (Å²) in [4.78, 5) is 55.1. The van der Waals surface area contributed by atoms with Crippen LogP contribution in [0.3, 0.4) is 0 Å². The van der Waals surface area contributed by atoms with Crippen molar-refractivity contribution in [1.82, 2.24) is 0 Å². The highest BCUT2D eigenvalue weighted by Gasteiger charge is 2.21. The Morgan fingerprint density at radius 1 is 0.897 bits per heavy atom. The van der Waals surface area contributed by atoms with E-state index < -0.39 is 40.3 Å². The van der Waals surface area contributed by atoms with Gasteiger partial charge < -0.3 is 34.2 Å². The van der Waals surface area contributed by atoms with Gasteiger partial charge in [-0.3, -0.25) is 9.05 Å². The molecule has 29 heavy (non-hydrogen) atoms. The van der Waals surface area contributed by atoms with Crippen molar-refractivity contribution in [2.75, 3.05) is 26.4 Å². The zero-order chi connectivity index (χ0) is 23.3. The normalized spacial score (nSPS) is 12.2. The fraction of sp³-hybridized carbons (Fsp3) is 0.571. The van der Waals surface area contributed by atoms with Crippen LogP contribution in [-0.2, 0) is 37.2 Å². The van der Waals surface area contributed by atoms with Crippen LogP contribution in [0.15, 0.2) is 24.3 Å². The molecule has 0 amide bonds. The molecule has 0 saturated heterocycles. The average molecular weight is 464 g/mol. The first-order chi connectivity index (χ1) is 13.1. The van der Waals surface area contributed by atoms with Crippen LogP contribution in [-0.4, -0.2) is 69.2 Å². The number of aliphatic hydroxyl groups excluding tert-OH is 1. The van der Waals surface area contributed by atoms with Gasteiger partial charge in [0, 0.05) is 24.2 Å². The lowest BCUT2D eigenvalue weighted by Gasteiger charge is -2.17. The number of hydrogen-bond acceptors (Lipinski definition) is 9. The van der Waals surface area contributed by atoms with E-state index in [4.69, 9.17) is 29.4 Å². The van der Waals surface area contributed by atoms with Crippen LogP contribution in [0, 0.1) is 0 Å². The van der Waals surface area contributed by atoms with E-state index in [1.807, 2.05) is 0 Å². The van der Waals surface area contributed by atoms with Crippen molar-refractivity contribution in [3.8, 4) is 0 Å². The average Bonchev–Trinajstić information content (AvgIpc) is 2.55. The number of rotatable bonds is 12. The number of esters is 2. The van der Waals surface area contributed by atoms with Gasteiger partial charge in [0.15, 0.2) is 0 Å². The second kappa shape index (κ2) is 14.6. The smallest absolute Gasteiger partial charge is 0.460 e. The minimum atomic E-state index is -4.61. The molecular formula is C14H26O13P2. The van der Waals surface area contributed by atoms with Crippen LogP contribution >= 0.6 is 15.6 Å². The molecule has 0 rings (SSSR count). The Hall–Kier alpha value is -1.40. The Balaban J connectivity index is 0. The zero-order valence-corrected chi connectivity index (χ0v) is 17.7. The molecule has 13 nitrogen and oxygen atoms in total. The molecule has 0 fully saturated rings. The van der Waals surface area contributed by atoms with E-state index in [9.17, 15) is 18.7 Å². The third-order valence-corrected chi connectivity index (χ3v) is 3.43. The zero-order valence-electron chi connectivity index (χ0n) is 15.9. The largest absolute Gasteiger partial charge is 0.469 e. The van der Waals surface area contributed by atoms with Crippen molar-refractivity contribution >= 4 is 27.6 Å². The van der Waals surface area contributed by atoms with Crippen LogP contribution in [0.1, 0.15) is 20.3 Å². The van der Waals surface area contributed by atoms with Crippen LogP contribution in [0.25, 0.3) is 0 Å². The quantitative estimate of drug-likeness (QED) is 0.113. The van der Waals surface area contributed by atoms with E-state index in [1.54, 1.807) is 0 Å². The predicted octanol–water partition coefficient (Wildman–Crippen LogP) is 0.181. The third-order valence-electron chi connectivity index (χ3n) is 2.43. The summed E-state index contributed by atoms with van der Waals surface area (Å²) < 4.78 is 38.0. The molecule has 0 heterocycles. The summed E-state index contributed by atoms with van der Waals surface area (Å²) in [6.45, 7) is 8.23. The summed E-state index contributed by atoms with van der Waals surface area (Å²) in [6.07, 6.45) is -0.888. The molecule has 0 aliphatic rings. The second-order valence-corrected chi connectivity index (χ2v) is 7.83. The van der Waals surface area contributed by atoms with Gasteiger partial charge in [-0.05, 0) is 13.8 Å². The van der Waals surface area contributed by atoms with Gasteiger partial charge in [-0.15, -0.1) is 0 Å². The summed E-state index contributed by atoms with van der Waals surface area (Å²) in [5.41, 5.74) is 0.371. The Labute approximate surface area is 167 Å². The lowest BCUT2D eigenvalue weighted by atomic mass is 10.2. The molecule has 0 aromatic heterocycles. The summed E-state index contributed by atoms with van der Waals surface area (Å²) >= 11 is 0. The molecule has 170 valence electrons. The standard InChI is InChI=1S/C8H15O7P.C6H11O6P/c1-6(2)8(10)15-7(3-4-9)5-14-16(11,12)13;1-5(2)6(7)11-3-4-12-13(8,9)10/h7,9H,1,3-5H2,2H3,(H2,11,12,13);1,3-4H2,2H3,(H2,8,9,10). The van der Waals surface area contributed by atoms with E-state index in [1.165, 1.54) is 13.8 Å². The monoisotopic (exact) mass is 464 g/mol. The van der Waals surface area contributed by atoms with Gasteiger partial charge in [0.25, 0.3) is 0 Å². The highest BCUT2D eigenvalue weighted by Crippen LogP contribution is 2.36. The molecule has 0 aliphatic heterocycles. The Bertz CT molecular complexity index is 648. The molecule has 0 radical (unpaired) electrons. The van der Waals surface area contributed by atoms with E-state index in [0.29, 0.717) is 0 Å². The third kappa shape index (κ3) is 21.1. The lowest BCUT2D eigenvalue weighted by Crippen LogP contribution is -2.24. The van der Waals surface area contributed by atoms with Gasteiger partial charge >= 0.3 is 27.6 Å². The topological polar surface area (TPSA) is 206 Å². The summed E-state index contributed by atoms with van der Waals surface area (Å²) in [5, 5.41) is 8.65. The molecule has 0 aromatic carbocycles. The summed E-state index contributed by atoms with van der Waals surface area (Å²) in [5.74, 6) is -1.32. The van der Waals surface area contributed by atoms with Gasteiger partial charge in [-0.2, -0.15) is 0 Å². The van der Waals surface area contributed by atoms with Gasteiger partial charge in [-0.25, -0.2) is 18.7 Å². The number of aliphatic hydroxyl groups is 1. The lowest BCUT2D eigenvalue weighted by molar-refractivity contribution is -0.146. The molecule has 1 atom stereocenters. The Kier molecular flexibility index (Phi) is 15.0. The maximum atomic E-state index is 11.1. The number of phosphoric ester groups is 2. The Morgan fingerprint density at radius 3 is 1.76 bits per heavy atom. The predicted molar refractivity (Wildman–Crippen MR) is 98.2 cm³/mol. The van der Waals surface area contributed by atoms with Crippen molar-refractivity contribution in [2.45, 2.75) is 26.4 Å². The van der Waals surface area contributed by atoms with Crippen LogP contribution in [0.2, 0.25) is 0 Å². The van der Waals surface area contributed by atoms with Gasteiger partial charge in [0.1, 0.15) is 12.7 Å². The highest BCUT2D eigenvalue weighted by molar-refractivity contribution is 7.46. The molecule has 0 aromatic rings. The van der Waals surface area contributed by atoms with E-state index >= 15 is 0 Å². The maximum Gasteiger partial charge on any atom is 0.469 e. The van der Waals surface area contributed by atoms with Crippen LogP contribution in [0.5, 0.6) is 0 Å². The van der Waals surface area contributed by atoms with E-state index in [-0.39, 0.29) is 37.4 Å². The first kappa shape index (κ1) is 29.8. The SMILES string of the molecule is C=C(C)C(=O)OC(CCO)COP(=O)(O)O.C=C(C)C(=O)OCCOP(=O)(O)O. The minimum Gasteiger partial charge on any atom is -0.460 e. The van der Waals surface area contributed by atoms with Gasteiger partial charge in [-0.1, -0.05) is 13.2 Å². The molecule has 5 N–H and O–H groups in total. The second-order valence-electron chi connectivity index (χ2n) is 5.35. The van der Waals surface area contributed by atoms with Crippen LogP contribution in [0.4, 0.5) is 0 Å². The van der Waals surface area contributed by atoms with Gasteiger partial charge in [0.05, 0.1) is 13.2 Å². The van der Waals surface area contributed by atoms with E-state index in [2.05, 4.69) is 26.9 Å². The number of carbonyl (C=O) groups excluding carboxylic acids is 2. The van der Waals surface area contributed by atoms with Crippen molar-refractivity contribution in [3.05, 3.63) is 24.3 Å². The molecule has 0 spiro atoms. The molecule has 1 unspecified atom stereocenters. The first-order valence-corrected chi connectivity index (χ1v) is 10.8. The fourth-order valence-corrected chi connectivity index (χ4v) is 1.84. The first-order valence-electron chi connectivity index (χ1n) is 7.79. The molecule has 0 aliphatic carbocycles. The number of hydrogen-bond donors (Lipinski definition) is 5. The van der Waals surface area contributed by atoms with Crippen molar-refractivity contribution in [2.24, 2.45) is 0 Å². The van der Waals surface area contributed by atoms with E-state index in [0.717, 1.165) is 0 Å². The summed E-state index contributed by atoms with van der Waals surface area (Å²) in [7, 11) is -9.07. The Morgan fingerprint density at radius 2 is 1.38 bits per heavy atom. The highest BCUT2D eigenvalue weighted by atomic mass is 31.2. The number of phosphoric acid groups is 2. The molecule has 0 bridgehead atoms. The number of carbonyl (C=O) groups is 2. The maximum absolute atomic E-state index is 11.1. The van der Waals surface area contributed by atoms with Crippen molar-refractivity contribution < 1.29 is 61.9 Å². The summed E-state index contributed by atoms with van der Waals surface area (Å²) in [6, 6.07) is 0. The van der Waals surface area contributed by atoms with Gasteiger partial charge in [0.2, 0.25) is 0 Å². The van der Waals surface area contributed by atoms with Crippen molar-refractivity contribution in [3.63, 3.8) is 0 Å². The van der Waals surface area contributed by atoms with Crippen molar-refractivity contribution in [1.29, 1.82) is 0 Å². The van der Waals surface area contributed by atoms with Crippen LogP contribution < -0.4 is 0 Å². The molecule has 0 saturated carbocycles.